The summed E-state index contributed by atoms with van der Waals surface area (Å²) < 4.78 is 0. The molecule has 596 valence electrons. The Morgan fingerprint density at radius 3 is 1.31 bits per heavy atom. The zero-order valence-electron chi connectivity index (χ0n) is 60.5. The summed E-state index contributed by atoms with van der Waals surface area (Å²) in [6, 6.07) is -6.47. The Labute approximate surface area is 598 Å². The van der Waals surface area contributed by atoms with E-state index in [2.05, 4.69) is 31.9 Å². The quantitative estimate of drug-likeness (QED) is 0.0199. The first-order valence-electron chi connectivity index (χ1n) is 35.6. The SMILES string of the molecule is CC/C=C/C=C(\CC)[C@H](CCCNC(N)=O)NC(=O)[C@@H](NC(=O)CCC(=O)NCCCC[C@H](NC(=O)[C@@H](N)CCCCN(C[C@H](O)[C@@H](O)[C@H](O)[C@H](O)CO)C[C@H](O)[C@@H](O)[C@H](O)[C@H](O)CO)C(=O)N[C@@H](CCCCN(C[C@H](O)[C@@H](O)[C@H](C)[C@H](C)CC)C[C@H](O)[C@@H](O)[C@H](O)[C@H](O)CO)C(=O)O)C(C)C. The van der Waals surface area contributed by atoms with Crippen LogP contribution in [0.15, 0.2) is 23.8 Å². The molecule has 7 amide bonds. The summed E-state index contributed by atoms with van der Waals surface area (Å²) in [5.41, 5.74) is 12.5. The van der Waals surface area contributed by atoms with Crippen molar-refractivity contribution in [3.8, 4) is 0 Å². The second-order valence-electron chi connectivity index (χ2n) is 26.8. The van der Waals surface area contributed by atoms with E-state index in [1.165, 1.54) is 9.80 Å². The number of hydrogen-bond donors (Lipinski definition) is 26. The van der Waals surface area contributed by atoms with Crippen molar-refractivity contribution in [2.75, 3.05) is 72.2 Å². The number of aliphatic carboxylic acids is 1. The van der Waals surface area contributed by atoms with Crippen LogP contribution in [-0.4, -0.2) is 331 Å². The molecule has 28 N–H and O–H groups in total. The number of unbranched alkanes of at least 4 members (excludes halogenated alkanes) is 3. The molecule has 0 saturated heterocycles. The summed E-state index contributed by atoms with van der Waals surface area (Å²) in [6.07, 6.45) is -17.3. The minimum atomic E-state index is -2.05. The van der Waals surface area contributed by atoms with E-state index < -0.39 is 197 Å². The zero-order chi connectivity index (χ0) is 77.9. The molecule has 0 aromatic rings. The number of carboxylic acid groups (broad SMARTS) is 1. The van der Waals surface area contributed by atoms with E-state index in [1.54, 1.807) is 20.8 Å². The van der Waals surface area contributed by atoms with Crippen molar-refractivity contribution in [3.63, 3.8) is 0 Å². The van der Waals surface area contributed by atoms with Crippen molar-refractivity contribution in [1.82, 2.24) is 41.7 Å². The predicted octanol–water partition coefficient (Wildman–Crippen LogP) is -6.53. The molecular weight excluding hydrogens is 1340 g/mol. The molecule has 0 aromatic heterocycles. The lowest BCUT2D eigenvalue weighted by atomic mass is 9.86. The van der Waals surface area contributed by atoms with Crippen molar-refractivity contribution >= 4 is 41.5 Å². The van der Waals surface area contributed by atoms with Crippen molar-refractivity contribution < 1.29 is 125 Å². The topological polar surface area (TPSA) is 614 Å². The molecule has 0 rings (SSSR count). The predicted molar refractivity (Wildman–Crippen MR) is 373 cm³/mol. The number of carbonyl (C=O) groups excluding carboxylic acids is 6. The number of carbonyl (C=O) groups is 7. The van der Waals surface area contributed by atoms with E-state index >= 15 is 0 Å². The molecule has 0 saturated carbocycles. The molecule has 35 nitrogen and oxygen atoms in total. The molecule has 0 heterocycles. The Kier molecular flexibility index (Phi) is 50.8. The lowest BCUT2D eigenvalue weighted by molar-refractivity contribution is -0.142. The number of hydrogen-bond acceptors (Lipinski definition) is 27. The van der Waals surface area contributed by atoms with E-state index in [9.17, 15) is 125 Å². The number of nitrogens with zero attached hydrogens (tertiary/aromatic N) is 2. The van der Waals surface area contributed by atoms with Gasteiger partial charge < -0.3 is 135 Å². The number of aliphatic hydroxyl groups is 17. The lowest BCUT2D eigenvalue weighted by Gasteiger charge is -2.34. The van der Waals surface area contributed by atoms with Gasteiger partial charge in [-0.3, -0.25) is 33.8 Å². The summed E-state index contributed by atoms with van der Waals surface area (Å²) in [5.74, 6) is -5.62. The van der Waals surface area contributed by atoms with Crippen LogP contribution in [0.3, 0.4) is 0 Å². The molecule has 0 unspecified atom stereocenters. The fourth-order valence-corrected chi connectivity index (χ4v) is 11.1. The number of allylic oxidation sites excluding steroid dienone is 3. The Balaban J connectivity index is 6.60. The number of urea groups is 1. The summed E-state index contributed by atoms with van der Waals surface area (Å²) in [6.45, 7) is 8.42. The molecule has 0 aliphatic carbocycles. The average molecular weight is 1470 g/mol. The maximum atomic E-state index is 14.2. The van der Waals surface area contributed by atoms with Crippen molar-refractivity contribution in [2.45, 2.75) is 267 Å². The third-order valence-electron chi connectivity index (χ3n) is 18.2. The normalized spacial score (nSPS) is 18.5. The zero-order valence-corrected chi connectivity index (χ0v) is 60.5. The third kappa shape index (κ3) is 38.2. The molecule has 0 aromatic carbocycles. The monoisotopic (exact) mass is 1470 g/mol. The highest BCUT2D eigenvalue weighted by molar-refractivity contribution is 5.92. The van der Waals surface area contributed by atoms with Gasteiger partial charge in [-0.15, -0.1) is 0 Å². The second-order valence-corrected chi connectivity index (χ2v) is 26.8. The van der Waals surface area contributed by atoms with Gasteiger partial charge in [0.2, 0.25) is 29.5 Å². The van der Waals surface area contributed by atoms with Crippen molar-refractivity contribution in [1.29, 1.82) is 0 Å². The van der Waals surface area contributed by atoms with E-state index in [-0.39, 0.29) is 121 Å². The van der Waals surface area contributed by atoms with Gasteiger partial charge in [0.05, 0.1) is 62.4 Å². The number of nitrogens with two attached hydrogens (primary N) is 2. The first-order valence-corrected chi connectivity index (χ1v) is 35.6. The standard InChI is InChI=1S/C67H128N10O25/c1-8-11-12-20-41(10-3)43(24-19-28-71-67(69)102)72-65(99)55(38(4)5)75-54(89)26-25-53(88)70-27-16-13-22-44(73-63(97)42(68)21-14-17-29-77(33-48(83)58(92)61(95)51(86)36-79)34-49(84)59(93)62(96)52(87)37-80)64(98)74-45(66(100)101)23-15-18-30-76(31-46(81)56(90)40(7)39(6)9-2)32-47(82)57(91)60(94)50(85)35-78/h11-12,20,38-40,42-52,55-62,78-87,90-96H,8-10,13-19,21-37,68H2,1-7H3,(H,70,88)(H,72,99)(H,73,97)(H,74,98)(H,75,89)(H,100,101)(H3,69,71,102)/b12-11+,41-20+/t39-,40-,42+,43+,44+,45+,46+,47+,48+,49+,50-,51-,52-,55+,56+,57-,58-,59-,60-,61-,62-/m1/s1. The van der Waals surface area contributed by atoms with Crippen LogP contribution >= 0.6 is 0 Å². The molecule has 102 heavy (non-hydrogen) atoms. The summed E-state index contributed by atoms with van der Waals surface area (Å²) >= 11 is 0. The van der Waals surface area contributed by atoms with Gasteiger partial charge in [-0.1, -0.05) is 79.5 Å². The molecular formula is C67H128N10O25. The highest BCUT2D eigenvalue weighted by Gasteiger charge is 2.37. The van der Waals surface area contributed by atoms with Gasteiger partial charge in [0.25, 0.3) is 0 Å². The van der Waals surface area contributed by atoms with Crippen molar-refractivity contribution in [3.05, 3.63) is 23.8 Å². The smallest absolute Gasteiger partial charge is 0.326 e. The van der Waals surface area contributed by atoms with Gasteiger partial charge in [-0.2, -0.15) is 0 Å². The van der Waals surface area contributed by atoms with Crippen LogP contribution < -0.4 is 43.4 Å². The second kappa shape index (κ2) is 53.5. The first kappa shape index (κ1) is 96.8. The van der Waals surface area contributed by atoms with E-state index in [4.69, 9.17) is 11.5 Å². The number of primary amides is 1. The highest BCUT2D eigenvalue weighted by Crippen LogP contribution is 2.23. The van der Waals surface area contributed by atoms with E-state index in [1.807, 2.05) is 45.9 Å². The average Bonchev–Trinajstić information content (AvgIpc) is 0.883. The molecule has 0 aliphatic heterocycles. The van der Waals surface area contributed by atoms with E-state index in [0.717, 1.165) is 12.0 Å². The summed E-state index contributed by atoms with van der Waals surface area (Å²) in [7, 11) is 0. The molecule has 0 spiro atoms. The fourth-order valence-electron chi connectivity index (χ4n) is 11.1. The van der Waals surface area contributed by atoms with E-state index in [0.29, 0.717) is 25.7 Å². The number of rotatable bonds is 59. The van der Waals surface area contributed by atoms with Crippen LogP contribution in [0.4, 0.5) is 4.79 Å². The Hall–Kier alpha value is -5.23. The molecule has 0 radical (unpaired) electrons. The number of carboxylic acids is 1. The highest BCUT2D eigenvalue weighted by atomic mass is 16.4. The van der Waals surface area contributed by atoms with Gasteiger partial charge in [0.15, 0.2) is 0 Å². The third-order valence-corrected chi connectivity index (χ3v) is 18.2. The van der Waals surface area contributed by atoms with Gasteiger partial charge in [0, 0.05) is 52.1 Å². The molecule has 0 bridgehead atoms. The summed E-state index contributed by atoms with van der Waals surface area (Å²) in [5, 5.41) is 201. The first-order chi connectivity index (χ1) is 48.0. The number of amides is 7. The summed E-state index contributed by atoms with van der Waals surface area (Å²) in [4.78, 5) is 94.9. The van der Waals surface area contributed by atoms with Crippen LogP contribution in [0.5, 0.6) is 0 Å². The molecule has 0 aliphatic rings. The molecule has 21 atom stereocenters. The van der Waals surface area contributed by atoms with Gasteiger partial charge in [0.1, 0.15) is 73.1 Å². The van der Waals surface area contributed by atoms with Crippen LogP contribution in [0.2, 0.25) is 0 Å². The lowest BCUT2D eigenvalue weighted by Crippen LogP contribution is -2.54. The Morgan fingerprint density at radius 1 is 0.461 bits per heavy atom. The molecule has 0 fully saturated rings. The maximum Gasteiger partial charge on any atom is 0.326 e. The van der Waals surface area contributed by atoms with Crippen LogP contribution in [0, 0.1) is 17.8 Å². The van der Waals surface area contributed by atoms with Crippen LogP contribution in [0.1, 0.15) is 151 Å². The van der Waals surface area contributed by atoms with Gasteiger partial charge in [-0.25, -0.2) is 9.59 Å². The Morgan fingerprint density at radius 2 is 0.873 bits per heavy atom. The number of aliphatic hydroxyl groups excluding tert-OH is 17. The van der Waals surface area contributed by atoms with Crippen LogP contribution in [-0.2, 0) is 28.8 Å². The number of nitrogens with one attached hydrogen (secondary N) is 6. The maximum absolute atomic E-state index is 14.2. The fraction of sp³-hybridized carbons (Fsp3) is 0.836. The van der Waals surface area contributed by atoms with Crippen LogP contribution in [0.25, 0.3) is 0 Å². The molecule has 35 heteroatoms. The minimum absolute atomic E-state index is 0.00466. The van der Waals surface area contributed by atoms with Gasteiger partial charge in [-0.05, 0) is 113 Å². The van der Waals surface area contributed by atoms with Crippen molar-refractivity contribution in [2.24, 2.45) is 29.2 Å². The van der Waals surface area contributed by atoms with Gasteiger partial charge >= 0.3 is 12.0 Å². The minimum Gasteiger partial charge on any atom is -0.480 e. The Bertz CT molecular complexity index is 2370. The largest absolute Gasteiger partial charge is 0.480 e.